The number of halogens is 3. The van der Waals surface area contributed by atoms with E-state index < -0.39 is 35.8 Å². The fourth-order valence-corrected chi connectivity index (χ4v) is 4.67. The number of nitrogens with zero attached hydrogens (tertiary/aromatic N) is 1. The second kappa shape index (κ2) is 12.5. The third-order valence-corrected chi connectivity index (χ3v) is 6.64. The van der Waals surface area contributed by atoms with Crippen LogP contribution >= 0.6 is 0 Å². The van der Waals surface area contributed by atoms with E-state index in [4.69, 9.17) is 9.47 Å². The van der Waals surface area contributed by atoms with Crippen LogP contribution in [0.4, 0.5) is 13.2 Å². The molecular formula is C26H32F3NO6. The highest BCUT2D eigenvalue weighted by Crippen LogP contribution is 2.42. The number of carbonyl (C=O) groups is 3. The van der Waals surface area contributed by atoms with Gasteiger partial charge in [0.25, 0.3) is 0 Å². The number of allylic oxidation sites excluding steroid dienone is 1. The van der Waals surface area contributed by atoms with Gasteiger partial charge >= 0.3 is 12.1 Å². The second-order valence-electron chi connectivity index (χ2n) is 9.28. The van der Waals surface area contributed by atoms with Gasteiger partial charge in [-0.3, -0.25) is 14.4 Å². The standard InChI is InChI=1S/C26H32F3NO6/c1-2-3-4-5-6-7-21(31)36-13-12-35-15-19-18(10-11-20(30-19)26(27,28)29)25(34)22-23(32)16-8-9-17(14-16)24(22)33/h10-11,16-17,34H,2-9,12-15H2,1H3. The summed E-state index contributed by atoms with van der Waals surface area (Å²) in [6.07, 6.45) is 2.02. The molecule has 2 bridgehead atoms. The molecule has 2 aliphatic carbocycles. The van der Waals surface area contributed by atoms with E-state index in [-0.39, 0.29) is 54.3 Å². The summed E-state index contributed by atoms with van der Waals surface area (Å²) in [6, 6.07) is 1.68. The van der Waals surface area contributed by atoms with Crippen molar-refractivity contribution >= 4 is 23.3 Å². The lowest BCUT2D eigenvalue weighted by atomic mass is 9.81. The molecule has 2 fully saturated rings. The molecule has 2 saturated carbocycles. The predicted molar refractivity (Wildman–Crippen MR) is 124 cm³/mol. The summed E-state index contributed by atoms with van der Waals surface area (Å²) >= 11 is 0. The van der Waals surface area contributed by atoms with Crippen molar-refractivity contribution in [2.45, 2.75) is 77.5 Å². The van der Waals surface area contributed by atoms with Crippen LogP contribution in [0.1, 0.15) is 81.7 Å². The molecule has 0 amide bonds. The van der Waals surface area contributed by atoms with Crippen LogP contribution in [-0.4, -0.2) is 40.8 Å². The Labute approximate surface area is 208 Å². The van der Waals surface area contributed by atoms with E-state index in [0.29, 0.717) is 25.3 Å². The van der Waals surface area contributed by atoms with E-state index in [0.717, 1.165) is 38.2 Å². The number of ketones is 2. The SMILES string of the molecule is CCCCCCCC(=O)OCCOCc1nc(C(F)(F)F)ccc1C(O)=C1C(=O)C2CCC(C2)C1=O. The van der Waals surface area contributed by atoms with Crippen LogP contribution in [0.25, 0.3) is 5.76 Å². The smallest absolute Gasteiger partial charge is 0.433 e. The Morgan fingerprint density at radius 3 is 2.36 bits per heavy atom. The molecule has 7 nitrogen and oxygen atoms in total. The lowest BCUT2D eigenvalue weighted by Crippen LogP contribution is -2.30. The van der Waals surface area contributed by atoms with Gasteiger partial charge in [-0.1, -0.05) is 32.6 Å². The van der Waals surface area contributed by atoms with Crippen molar-refractivity contribution in [1.82, 2.24) is 4.98 Å². The number of unbranched alkanes of at least 4 members (excludes halogenated alkanes) is 4. The van der Waals surface area contributed by atoms with Crippen LogP contribution in [0.3, 0.4) is 0 Å². The minimum atomic E-state index is -4.74. The first-order valence-electron chi connectivity index (χ1n) is 12.5. The van der Waals surface area contributed by atoms with Gasteiger partial charge < -0.3 is 14.6 Å². The zero-order valence-corrected chi connectivity index (χ0v) is 20.4. The number of alkyl halides is 3. The first kappa shape index (κ1) is 27.8. The topological polar surface area (TPSA) is 103 Å². The summed E-state index contributed by atoms with van der Waals surface area (Å²) in [5, 5.41) is 10.8. The van der Waals surface area contributed by atoms with Crippen LogP contribution in [0.15, 0.2) is 17.7 Å². The Kier molecular flexibility index (Phi) is 9.64. The molecule has 1 aromatic heterocycles. The molecule has 2 unspecified atom stereocenters. The van der Waals surface area contributed by atoms with Crippen molar-refractivity contribution < 1.29 is 42.1 Å². The van der Waals surface area contributed by atoms with E-state index in [1.54, 1.807) is 0 Å². The van der Waals surface area contributed by atoms with Gasteiger partial charge in [0.15, 0.2) is 11.6 Å². The number of hydrogen-bond acceptors (Lipinski definition) is 7. The molecule has 3 rings (SSSR count). The van der Waals surface area contributed by atoms with Gasteiger partial charge in [-0.25, -0.2) is 4.98 Å². The molecule has 36 heavy (non-hydrogen) atoms. The molecule has 1 aromatic rings. The van der Waals surface area contributed by atoms with Crippen molar-refractivity contribution in [3.05, 3.63) is 34.7 Å². The number of pyridine rings is 1. The number of ether oxygens (including phenoxy) is 2. The quantitative estimate of drug-likeness (QED) is 0.133. The molecular weight excluding hydrogens is 479 g/mol. The number of aromatic nitrogens is 1. The Morgan fingerprint density at radius 2 is 1.72 bits per heavy atom. The van der Waals surface area contributed by atoms with Crippen molar-refractivity contribution in [3.63, 3.8) is 0 Å². The summed E-state index contributed by atoms with van der Waals surface area (Å²) in [5.41, 5.74) is -2.00. The normalized spacial score (nSPS) is 19.6. The number of esters is 1. The lowest BCUT2D eigenvalue weighted by molar-refractivity contribution is -0.145. The van der Waals surface area contributed by atoms with Gasteiger partial charge in [0.1, 0.15) is 23.6 Å². The van der Waals surface area contributed by atoms with Crippen LogP contribution in [0.5, 0.6) is 0 Å². The van der Waals surface area contributed by atoms with E-state index >= 15 is 0 Å². The van der Waals surface area contributed by atoms with Crippen molar-refractivity contribution in [2.75, 3.05) is 13.2 Å². The summed E-state index contributed by atoms with van der Waals surface area (Å²) < 4.78 is 50.2. The Bertz CT molecular complexity index is 980. The largest absolute Gasteiger partial charge is 0.506 e. The van der Waals surface area contributed by atoms with Gasteiger partial charge in [0, 0.05) is 23.8 Å². The first-order chi connectivity index (χ1) is 17.1. The molecule has 198 valence electrons. The number of Topliss-reactive ketones (excluding diaryl/α,β-unsaturated/α-hetero) is 2. The molecule has 1 heterocycles. The first-order valence-corrected chi connectivity index (χ1v) is 12.5. The molecule has 1 N–H and O–H groups in total. The molecule has 0 aliphatic heterocycles. The fraction of sp³-hybridized carbons (Fsp3) is 0.615. The molecule has 0 radical (unpaired) electrons. The van der Waals surface area contributed by atoms with Gasteiger partial charge in [-0.15, -0.1) is 0 Å². The highest BCUT2D eigenvalue weighted by atomic mass is 19.4. The maximum atomic E-state index is 13.2. The minimum absolute atomic E-state index is 0.0878. The highest BCUT2D eigenvalue weighted by molar-refractivity contribution is 6.27. The van der Waals surface area contributed by atoms with Crippen molar-refractivity contribution in [1.29, 1.82) is 0 Å². The molecule has 2 aliphatic rings. The zero-order chi connectivity index (χ0) is 26.3. The summed E-state index contributed by atoms with van der Waals surface area (Å²) in [6.45, 7) is 1.47. The molecule has 10 heteroatoms. The van der Waals surface area contributed by atoms with Gasteiger partial charge in [-0.2, -0.15) is 13.2 Å². The number of hydrogen-bond donors (Lipinski definition) is 1. The van der Waals surface area contributed by atoms with E-state index in [1.807, 2.05) is 0 Å². The average Bonchev–Trinajstić information content (AvgIpc) is 3.29. The predicted octanol–water partition coefficient (Wildman–Crippen LogP) is 5.36. The lowest BCUT2D eigenvalue weighted by Gasteiger charge is -2.21. The van der Waals surface area contributed by atoms with E-state index in [9.17, 15) is 32.7 Å². The monoisotopic (exact) mass is 511 g/mol. The average molecular weight is 512 g/mol. The maximum Gasteiger partial charge on any atom is 0.433 e. The molecule has 2 atom stereocenters. The fourth-order valence-electron chi connectivity index (χ4n) is 4.67. The highest BCUT2D eigenvalue weighted by Gasteiger charge is 2.45. The van der Waals surface area contributed by atoms with Crippen molar-refractivity contribution in [3.8, 4) is 0 Å². The van der Waals surface area contributed by atoms with Crippen LogP contribution in [0.2, 0.25) is 0 Å². The van der Waals surface area contributed by atoms with Crippen LogP contribution in [-0.2, 0) is 36.6 Å². The maximum absolute atomic E-state index is 13.2. The van der Waals surface area contributed by atoms with Crippen molar-refractivity contribution in [2.24, 2.45) is 11.8 Å². The molecule has 0 aromatic carbocycles. The minimum Gasteiger partial charge on any atom is -0.506 e. The van der Waals surface area contributed by atoms with E-state index in [2.05, 4.69) is 11.9 Å². The molecule has 0 saturated heterocycles. The summed E-state index contributed by atoms with van der Waals surface area (Å²) in [5.74, 6) is -2.75. The Morgan fingerprint density at radius 1 is 1.06 bits per heavy atom. The number of carbonyl (C=O) groups excluding carboxylic acids is 3. The summed E-state index contributed by atoms with van der Waals surface area (Å²) in [7, 11) is 0. The number of aliphatic hydroxyl groups is 1. The third-order valence-electron chi connectivity index (χ3n) is 6.64. The Hall–Kier alpha value is -2.75. The van der Waals surface area contributed by atoms with Crippen LogP contribution < -0.4 is 0 Å². The molecule has 0 spiro atoms. The van der Waals surface area contributed by atoms with E-state index in [1.165, 1.54) is 0 Å². The Balaban J connectivity index is 1.66. The zero-order valence-electron chi connectivity index (χ0n) is 20.4. The van der Waals surface area contributed by atoms with Gasteiger partial charge in [0.2, 0.25) is 0 Å². The number of aliphatic hydroxyl groups excluding tert-OH is 1. The van der Waals surface area contributed by atoms with Gasteiger partial charge in [0.05, 0.1) is 18.9 Å². The third kappa shape index (κ3) is 6.93. The van der Waals surface area contributed by atoms with Crippen LogP contribution in [0, 0.1) is 11.8 Å². The second-order valence-corrected chi connectivity index (χ2v) is 9.28. The number of rotatable bonds is 12. The number of fused-ring (bicyclic) bond motifs is 2. The van der Waals surface area contributed by atoms with Gasteiger partial charge in [-0.05, 0) is 37.8 Å². The summed E-state index contributed by atoms with van der Waals surface area (Å²) in [4.78, 5) is 40.8.